The molecule has 1 aromatic carbocycles. The van der Waals surface area contributed by atoms with Gasteiger partial charge in [-0.1, -0.05) is 23.4 Å². The molecule has 0 bridgehead atoms. The number of ether oxygens (including phenoxy) is 1. The molecule has 0 amide bonds. The number of benzene rings is 1. The average Bonchev–Trinajstić information content (AvgIpc) is 3.15. The fourth-order valence-electron chi connectivity index (χ4n) is 1.78. The van der Waals surface area contributed by atoms with Crippen LogP contribution in [0.1, 0.15) is 16.1 Å². The maximum absolute atomic E-state index is 11.2. The van der Waals surface area contributed by atoms with Gasteiger partial charge in [0.05, 0.1) is 18.1 Å². The molecule has 0 atom stereocenters. The summed E-state index contributed by atoms with van der Waals surface area (Å²) in [6.07, 6.45) is 4.47. The zero-order chi connectivity index (χ0) is 14.7. The van der Waals surface area contributed by atoms with Gasteiger partial charge in [-0.3, -0.25) is 0 Å². The van der Waals surface area contributed by atoms with Gasteiger partial charge in [0.2, 0.25) is 5.69 Å². The lowest BCUT2D eigenvalue weighted by Gasteiger charge is -2.01. The molecule has 21 heavy (non-hydrogen) atoms. The number of nitrogens with zero attached hydrogens (tertiary/aromatic N) is 3. The molecule has 3 rings (SSSR count). The van der Waals surface area contributed by atoms with Crippen molar-refractivity contribution in [3.05, 3.63) is 60.2 Å². The second kappa shape index (κ2) is 5.49. The van der Waals surface area contributed by atoms with E-state index in [1.165, 1.54) is 23.3 Å². The Morgan fingerprint density at radius 1 is 1.33 bits per heavy atom. The summed E-state index contributed by atoms with van der Waals surface area (Å²) in [4.78, 5) is 11.2. The van der Waals surface area contributed by atoms with E-state index in [9.17, 15) is 9.90 Å². The van der Waals surface area contributed by atoms with Crippen LogP contribution in [0.25, 0.3) is 5.69 Å². The van der Waals surface area contributed by atoms with E-state index in [-0.39, 0.29) is 18.1 Å². The van der Waals surface area contributed by atoms with Crippen molar-refractivity contribution in [3.63, 3.8) is 0 Å². The van der Waals surface area contributed by atoms with Crippen molar-refractivity contribution in [1.82, 2.24) is 14.9 Å². The molecular formula is C14H11N3O4. The van der Waals surface area contributed by atoms with Crippen LogP contribution in [0.15, 0.2) is 53.5 Å². The number of aromatic carboxylic acids is 1. The number of aromatic nitrogens is 3. The van der Waals surface area contributed by atoms with Gasteiger partial charge in [0.15, 0.2) is 5.75 Å². The first-order chi connectivity index (χ1) is 10.2. The van der Waals surface area contributed by atoms with E-state index < -0.39 is 5.97 Å². The Morgan fingerprint density at radius 3 is 2.81 bits per heavy atom. The van der Waals surface area contributed by atoms with Gasteiger partial charge in [-0.25, -0.2) is 9.48 Å². The maximum atomic E-state index is 11.2. The molecule has 2 aromatic heterocycles. The minimum atomic E-state index is -1.15. The summed E-state index contributed by atoms with van der Waals surface area (Å²) in [6.45, 7) is 0.157. The summed E-state index contributed by atoms with van der Waals surface area (Å²) in [6, 6.07) is 9.20. The van der Waals surface area contributed by atoms with Crippen LogP contribution in [0.5, 0.6) is 5.75 Å². The molecule has 3 aromatic rings. The topological polar surface area (TPSA) is 90.4 Å². The molecule has 0 spiro atoms. The summed E-state index contributed by atoms with van der Waals surface area (Å²) in [5.74, 6) is -0.961. The smallest absolute Gasteiger partial charge is 0.360 e. The Morgan fingerprint density at radius 2 is 2.14 bits per heavy atom. The first kappa shape index (κ1) is 12.9. The number of para-hydroxylation sites is 1. The first-order valence-corrected chi connectivity index (χ1v) is 6.13. The molecule has 0 unspecified atom stereocenters. The van der Waals surface area contributed by atoms with Crippen molar-refractivity contribution in [2.24, 2.45) is 0 Å². The third kappa shape index (κ3) is 2.76. The molecule has 0 aliphatic carbocycles. The van der Waals surface area contributed by atoms with Crippen LogP contribution in [-0.4, -0.2) is 26.0 Å². The second-order valence-electron chi connectivity index (χ2n) is 4.25. The lowest BCUT2D eigenvalue weighted by atomic mass is 10.3. The largest absolute Gasteiger partial charge is 0.484 e. The van der Waals surface area contributed by atoms with Crippen LogP contribution in [-0.2, 0) is 6.61 Å². The van der Waals surface area contributed by atoms with Crippen molar-refractivity contribution in [3.8, 4) is 11.4 Å². The predicted octanol–water partition coefficient (Wildman–Crippen LogP) is 2.14. The SMILES string of the molecule is O=C(O)c1nn(-c2ccccc2)cc1OCc1cnoc1. The lowest BCUT2D eigenvalue weighted by molar-refractivity contribution is 0.0685. The highest BCUT2D eigenvalue weighted by molar-refractivity contribution is 5.88. The van der Waals surface area contributed by atoms with Gasteiger partial charge in [-0.05, 0) is 12.1 Å². The van der Waals surface area contributed by atoms with Crippen LogP contribution in [0.3, 0.4) is 0 Å². The van der Waals surface area contributed by atoms with Gasteiger partial charge in [0.1, 0.15) is 12.9 Å². The molecule has 0 saturated heterocycles. The highest BCUT2D eigenvalue weighted by atomic mass is 16.5. The quantitative estimate of drug-likeness (QED) is 0.772. The van der Waals surface area contributed by atoms with Gasteiger partial charge < -0.3 is 14.4 Å². The van der Waals surface area contributed by atoms with Crippen LogP contribution in [0, 0.1) is 0 Å². The zero-order valence-electron chi connectivity index (χ0n) is 10.8. The van der Waals surface area contributed by atoms with E-state index in [2.05, 4.69) is 14.8 Å². The van der Waals surface area contributed by atoms with Crippen molar-refractivity contribution >= 4 is 5.97 Å². The number of carbonyl (C=O) groups is 1. The Kier molecular flexibility index (Phi) is 3.38. The van der Waals surface area contributed by atoms with E-state index in [0.29, 0.717) is 5.56 Å². The third-order valence-corrected chi connectivity index (χ3v) is 2.78. The molecule has 7 heteroatoms. The standard InChI is InChI=1S/C14H11N3O4/c18-14(19)13-12(20-8-10-6-15-21-9-10)7-17(16-13)11-4-2-1-3-5-11/h1-7,9H,8H2,(H,18,19). The zero-order valence-corrected chi connectivity index (χ0v) is 10.8. The lowest BCUT2D eigenvalue weighted by Crippen LogP contribution is -2.03. The van der Waals surface area contributed by atoms with E-state index in [4.69, 9.17) is 4.74 Å². The van der Waals surface area contributed by atoms with Crippen LogP contribution >= 0.6 is 0 Å². The highest BCUT2D eigenvalue weighted by Crippen LogP contribution is 2.21. The van der Waals surface area contributed by atoms with Crippen LogP contribution < -0.4 is 4.74 Å². The fraction of sp³-hybridized carbons (Fsp3) is 0.0714. The van der Waals surface area contributed by atoms with E-state index in [1.54, 1.807) is 0 Å². The van der Waals surface area contributed by atoms with Gasteiger partial charge >= 0.3 is 5.97 Å². The van der Waals surface area contributed by atoms with Gasteiger partial charge in [-0.15, -0.1) is 0 Å². The Balaban J connectivity index is 1.88. The predicted molar refractivity (Wildman–Crippen MR) is 71.4 cm³/mol. The Labute approximate surface area is 119 Å². The molecule has 7 nitrogen and oxygen atoms in total. The fourth-order valence-corrected chi connectivity index (χ4v) is 1.78. The summed E-state index contributed by atoms with van der Waals surface area (Å²) in [5, 5.41) is 16.8. The summed E-state index contributed by atoms with van der Waals surface area (Å²) in [7, 11) is 0. The molecule has 0 saturated carbocycles. The summed E-state index contributed by atoms with van der Waals surface area (Å²) >= 11 is 0. The molecule has 1 N–H and O–H groups in total. The average molecular weight is 285 g/mol. The maximum Gasteiger partial charge on any atom is 0.360 e. The van der Waals surface area contributed by atoms with Crippen LogP contribution in [0.4, 0.5) is 0 Å². The molecule has 0 aliphatic heterocycles. The van der Waals surface area contributed by atoms with Gasteiger partial charge in [0, 0.05) is 5.56 Å². The van der Waals surface area contributed by atoms with Crippen molar-refractivity contribution in [2.75, 3.05) is 0 Å². The Hall–Kier alpha value is -3.09. The molecule has 0 aliphatic rings. The van der Waals surface area contributed by atoms with Crippen molar-refractivity contribution < 1.29 is 19.2 Å². The van der Waals surface area contributed by atoms with Gasteiger partial charge in [-0.2, -0.15) is 5.10 Å². The normalized spacial score (nSPS) is 10.5. The number of hydrogen-bond donors (Lipinski definition) is 1. The van der Waals surface area contributed by atoms with E-state index in [1.807, 2.05) is 30.3 Å². The minimum Gasteiger partial charge on any atom is -0.484 e. The molecule has 2 heterocycles. The number of rotatable bonds is 5. The first-order valence-electron chi connectivity index (χ1n) is 6.13. The number of carboxylic acid groups (broad SMARTS) is 1. The molecular weight excluding hydrogens is 274 g/mol. The van der Waals surface area contributed by atoms with E-state index >= 15 is 0 Å². The van der Waals surface area contributed by atoms with E-state index in [0.717, 1.165) is 5.69 Å². The monoisotopic (exact) mass is 285 g/mol. The number of carboxylic acids is 1. The number of hydrogen-bond acceptors (Lipinski definition) is 5. The van der Waals surface area contributed by atoms with Crippen molar-refractivity contribution in [1.29, 1.82) is 0 Å². The minimum absolute atomic E-state index is 0.143. The van der Waals surface area contributed by atoms with Gasteiger partial charge in [0.25, 0.3) is 0 Å². The summed E-state index contributed by atoms with van der Waals surface area (Å²) in [5.41, 5.74) is 1.31. The third-order valence-electron chi connectivity index (χ3n) is 2.78. The molecule has 106 valence electrons. The Bertz CT molecular complexity index is 735. The highest BCUT2D eigenvalue weighted by Gasteiger charge is 2.18. The summed E-state index contributed by atoms with van der Waals surface area (Å²) < 4.78 is 11.6. The molecule has 0 fully saturated rings. The van der Waals surface area contributed by atoms with Crippen molar-refractivity contribution in [2.45, 2.75) is 6.61 Å². The van der Waals surface area contributed by atoms with Crippen LogP contribution in [0.2, 0.25) is 0 Å². The second-order valence-corrected chi connectivity index (χ2v) is 4.25. The molecule has 0 radical (unpaired) electrons.